The molecule has 0 aliphatic heterocycles. The van der Waals surface area contributed by atoms with Gasteiger partial charge in [-0.05, 0) is 6.92 Å². The van der Waals surface area contributed by atoms with Gasteiger partial charge in [0.05, 0.1) is 0 Å². The van der Waals surface area contributed by atoms with Gasteiger partial charge in [0.15, 0.2) is 0 Å². The lowest BCUT2D eigenvalue weighted by Gasteiger charge is -2.12. The zero-order valence-electron chi connectivity index (χ0n) is 11.7. The molecule has 102 valence electrons. The first-order valence-electron chi connectivity index (χ1n) is 6.27. The minimum absolute atomic E-state index is 0.346. The van der Waals surface area contributed by atoms with Gasteiger partial charge in [-0.1, -0.05) is 13.8 Å². The van der Waals surface area contributed by atoms with Crippen molar-refractivity contribution in [1.82, 2.24) is 25.1 Å². The molecule has 6 heteroatoms. The van der Waals surface area contributed by atoms with E-state index in [1.165, 1.54) is 0 Å². The highest BCUT2D eigenvalue weighted by atomic mass is 16.5. The summed E-state index contributed by atoms with van der Waals surface area (Å²) in [7, 11) is 1.80. The van der Waals surface area contributed by atoms with Crippen LogP contribution in [0.2, 0.25) is 0 Å². The molecule has 0 saturated carbocycles. The van der Waals surface area contributed by atoms with Gasteiger partial charge in [0.2, 0.25) is 0 Å². The summed E-state index contributed by atoms with van der Waals surface area (Å²) in [5, 5.41) is 7.46. The third-order valence-electron chi connectivity index (χ3n) is 2.56. The number of rotatable bonds is 5. The average Bonchev–Trinajstić information content (AvgIpc) is 2.73. The van der Waals surface area contributed by atoms with Crippen LogP contribution >= 0.6 is 0 Å². The lowest BCUT2D eigenvalue weighted by molar-refractivity contribution is 0.429. The van der Waals surface area contributed by atoms with E-state index in [9.17, 15) is 0 Å². The first-order valence-corrected chi connectivity index (χ1v) is 6.27. The van der Waals surface area contributed by atoms with Crippen molar-refractivity contribution in [3.8, 4) is 11.8 Å². The normalized spacial score (nSPS) is 11.0. The minimum Gasteiger partial charge on any atom is -0.423 e. The van der Waals surface area contributed by atoms with Crippen LogP contribution in [0, 0.1) is 6.92 Å². The molecule has 2 rings (SSSR count). The molecule has 0 fully saturated rings. The second-order valence-corrected chi connectivity index (χ2v) is 4.77. The number of hydrogen-bond acceptors (Lipinski definition) is 5. The number of aryl methyl sites for hydroxylation is 2. The van der Waals surface area contributed by atoms with Crippen LogP contribution in [0.5, 0.6) is 11.8 Å². The van der Waals surface area contributed by atoms with Gasteiger partial charge in [0.1, 0.15) is 12.1 Å². The third kappa shape index (κ3) is 3.75. The van der Waals surface area contributed by atoms with E-state index in [4.69, 9.17) is 4.74 Å². The van der Waals surface area contributed by atoms with Gasteiger partial charge >= 0.3 is 6.01 Å². The topological polar surface area (TPSA) is 64.9 Å². The fraction of sp³-hybridized carbons (Fsp3) is 0.462. The van der Waals surface area contributed by atoms with Gasteiger partial charge in [-0.15, -0.1) is 5.10 Å². The molecule has 2 aromatic heterocycles. The van der Waals surface area contributed by atoms with E-state index in [1.54, 1.807) is 18.1 Å². The summed E-state index contributed by atoms with van der Waals surface area (Å²) in [6, 6.07) is 2.65. The lowest BCUT2D eigenvalue weighted by Crippen LogP contribution is -2.22. The van der Waals surface area contributed by atoms with E-state index in [-0.39, 0.29) is 0 Å². The molecule has 0 spiro atoms. The predicted molar refractivity (Wildman–Crippen MR) is 72.0 cm³/mol. The maximum atomic E-state index is 5.72. The van der Waals surface area contributed by atoms with Crippen molar-refractivity contribution in [2.75, 3.05) is 0 Å². The maximum absolute atomic E-state index is 5.72. The molecule has 2 aromatic rings. The van der Waals surface area contributed by atoms with Crippen molar-refractivity contribution in [3.63, 3.8) is 0 Å². The first kappa shape index (κ1) is 13.5. The molecule has 0 aliphatic carbocycles. The Morgan fingerprint density at radius 2 is 2.16 bits per heavy atom. The smallest absolute Gasteiger partial charge is 0.340 e. The van der Waals surface area contributed by atoms with Gasteiger partial charge < -0.3 is 10.1 Å². The van der Waals surface area contributed by atoms with E-state index in [1.807, 2.05) is 19.2 Å². The zero-order valence-corrected chi connectivity index (χ0v) is 11.7. The molecule has 0 unspecified atom stereocenters. The molecular formula is C13H19N5O. The lowest BCUT2D eigenvalue weighted by atomic mass is 10.2. The standard InChI is InChI=1S/C13H19N5O/c1-9(2)14-6-11-7-15-10(3)5-12(11)19-13-16-8-18(4)17-13/h5,7-9,14H,6H2,1-4H3. The fourth-order valence-corrected chi connectivity index (χ4v) is 1.57. The highest BCUT2D eigenvalue weighted by molar-refractivity contribution is 5.34. The zero-order chi connectivity index (χ0) is 13.8. The summed E-state index contributed by atoms with van der Waals surface area (Å²) < 4.78 is 7.33. The summed E-state index contributed by atoms with van der Waals surface area (Å²) in [4.78, 5) is 8.36. The van der Waals surface area contributed by atoms with Gasteiger partial charge in [0, 0.05) is 43.2 Å². The third-order valence-corrected chi connectivity index (χ3v) is 2.56. The van der Waals surface area contributed by atoms with E-state index >= 15 is 0 Å². The second kappa shape index (κ2) is 5.79. The van der Waals surface area contributed by atoms with E-state index in [0.717, 1.165) is 17.0 Å². The van der Waals surface area contributed by atoms with Crippen molar-refractivity contribution >= 4 is 0 Å². The molecule has 19 heavy (non-hydrogen) atoms. The Labute approximate surface area is 112 Å². The van der Waals surface area contributed by atoms with Crippen molar-refractivity contribution in [2.24, 2.45) is 7.05 Å². The Hall–Kier alpha value is -1.95. The molecule has 0 atom stereocenters. The minimum atomic E-state index is 0.346. The van der Waals surface area contributed by atoms with Crippen LogP contribution in [0.4, 0.5) is 0 Å². The van der Waals surface area contributed by atoms with Crippen LogP contribution in [0.1, 0.15) is 25.1 Å². The van der Waals surface area contributed by atoms with E-state index in [2.05, 4.69) is 34.2 Å². The number of aromatic nitrogens is 4. The summed E-state index contributed by atoms with van der Waals surface area (Å²) in [5.74, 6) is 0.742. The molecular weight excluding hydrogens is 242 g/mol. The largest absolute Gasteiger partial charge is 0.423 e. The molecule has 2 heterocycles. The summed E-state index contributed by atoms with van der Waals surface area (Å²) in [6.45, 7) is 6.83. The van der Waals surface area contributed by atoms with Crippen molar-refractivity contribution in [1.29, 1.82) is 0 Å². The Morgan fingerprint density at radius 1 is 1.37 bits per heavy atom. The van der Waals surface area contributed by atoms with E-state index < -0.39 is 0 Å². The Balaban J connectivity index is 2.19. The Morgan fingerprint density at radius 3 is 2.79 bits per heavy atom. The van der Waals surface area contributed by atoms with Crippen LogP contribution in [0.15, 0.2) is 18.6 Å². The van der Waals surface area contributed by atoms with Gasteiger partial charge in [-0.3, -0.25) is 9.67 Å². The van der Waals surface area contributed by atoms with Gasteiger partial charge in [0.25, 0.3) is 0 Å². The molecule has 0 amide bonds. The SMILES string of the molecule is Cc1cc(Oc2ncn(C)n2)c(CNC(C)C)cn1. The van der Waals surface area contributed by atoms with Crippen molar-refractivity contribution in [3.05, 3.63) is 29.8 Å². The number of ether oxygens (including phenoxy) is 1. The van der Waals surface area contributed by atoms with E-state index in [0.29, 0.717) is 18.6 Å². The number of hydrogen-bond donors (Lipinski definition) is 1. The van der Waals surface area contributed by atoms with Crippen LogP contribution in [0.3, 0.4) is 0 Å². The molecule has 0 radical (unpaired) electrons. The second-order valence-electron chi connectivity index (χ2n) is 4.77. The predicted octanol–water partition coefficient (Wildman–Crippen LogP) is 1.81. The first-order chi connectivity index (χ1) is 9.04. The summed E-state index contributed by atoms with van der Waals surface area (Å²) in [6.07, 6.45) is 3.43. The molecule has 0 bridgehead atoms. The fourth-order valence-electron chi connectivity index (χ4n) is 1.57. The molecule has 0 aromatic carbocycles. The van der Waals surface area contributed by atoms with Crippen molar-refractivity contribution in [2.45, 2.75) is 33.4 Å². The number of nitrogens with zero attached hydrogens (tertiary/aromatic N) is 4. The number of nitrogens with one attached hydrogen (secondary N) is 1. The molecule has 0 saturated heterocycles. The average molecular weight is 261 g/mol. The highest BCUT2D eigenvalue weighted by Gasteiger charge is 2.09. The van der Waals surface area contributed by atoms with Crippen molar-refractivity contribution < 1.29 is 4.74 Å². The van der Waals surface area contributed by atoms with Crippen LogP contribution in [-0.2, 0) is 13.6 Å². The monoisotopic (exact) mass is 261 g/mol. The van der Waals surface area contributed by atoms with Gasteiger partial charge in [-0.2, -0.15) is 4.98 Å². The summed E-state index contributed by atoms with van der Waals surface area (Å²) in [5.41, 5.74) is 1.89. The Bertz CT molecular complexity index is 550. The van der Waals surface area contributed by atoms with Crippen LogP contribution in [-0.4, -0.2) is 25.8 Å². The molecule has 1 N–H and O–H groups in total. The van der Waals surface area contributed by atoms with Crippen LogP contribution in [0.25, 0.3) is 0 Å². The molecule has 6 nitrogen and oxygen atoms in total. The molecule has 0 aliphatic rings. The summed E-state index contributed by atoms with van der Waals surface area (Å²) >= 11 is 0. The van der Waals surface area contributed by atoms with Gasteiger partial charge in [-0.25, -0.2) is 0 Å². The quantitative estimate of drug-likeness (QED) is 0.889. The maximum Gasteiger partial charge on any atom is 0.340 e. The Kier molecular flexibility index (Phi) is 4.11. The highest BCUT2D eigenvalue weighted by Crippen LogP contribution is 2.23. The van der Waals surface area contributed by atoms with Crippen LogP contribution < -0.4 is 10.1 Å². The number of pyridine rings is 1.